The molecule has 1 aromatic carbocycles. The van der Waals surface area contributed by atoms with Gasteiger partial charge in [-0.05, 0) is 48.5 Å². The minimum absolute atomic E-state index is 0.117. The number of carbonyl (C=O) groups is 2. The molecule has 0 saturated heterocycles. The molecule has 1 saturated carbocycles. The minimum Gasteiger partial charge on any atom is -0.463 e. The van der Waals surface area contributed by atoms with Crippen LogP contribution < -0.4 is 0 Å². The van der Waals surface area contributed by atoms with Gasteiger partial charge in [0.05, 0.1) is 7.11 Å². The third-order valence-corrected chi connectivity index (χ3v) is 7.22. The van der Waals surface area contributed by atoms with Gasteiger partial charge in [0.1, 0.15) is 11.9 Å². The quantitative estimate of drug-likeness (QED) is 0.415. The van der Waals surface area contributed by atoms with E-state index in [2.05, 4.69) is 54.6 Å². The van der Waals surface area contributed by atoms with Crippen LogP contribution in [0.5, 0.6) is 0 Å². The number of H-pyrrole nitrogens is 1. The average molecular weight is 481 g/mol. The molecule has 1 aliphatic rings. The minimum atomic E-state index is -1.42. The molecule has 0 aliphatic heterocycles. The first-order valence-corrected chi connectivity index (χ1v) is 12.4. The van der Waals surface area contributed by atoms with Gasteiger partial charge in [-0.25, -0.2) is 16.4 Å². The van der Waals surface area contributed by atoms with Crippen LogP contribution in [0.25, 0.3) is 16.2 Å². The maximum absolute atomic E-state index is 13.4. The van der Waals surface area contributed by atoms with Crippen LogP contribution in [-0.4, -0.2) is 46.4 Å². The molecule has 0 bridgehead atoms. The maximum atomic E-state index is 13.4. The molecule has 5 unspecified atom stereocenters. The molecule has 35 heavy (non-hydrogen) atoms. The van der Waals surface area contributed by atoms with E-state index < -0.39 is 23.9 Å². The lowest BCUT2D eigenvalue weighted by molar-refractivity contribution is -0.162. The Morgan fingerprint density at radius 1 is 1.14 bits per heavy atom. The number of esters is 2. The molecular formula is C27H36N4O4. The second kappa shape index (κ2) is 11.5. The van der Waals surface area contributed by atoms with Crippen molar-refractivity contribution in [2.24, 2.45) is 17.8 Å². The zero-order chi connectivity index (χ0) is 25.7. The largest absolute Gasteiger partial charge is 0.463 e. The van der Waals surface area contributed by atoms with Crippen molar-refractivity contribution in [3.8, 4) is 11.4 Å². The van der Waals surface area contributed by atoms with Gasteiger partial charge in [0, 0.05) is 5.56 Å². The summed E-state index contributed by atoms with van der Waals surface area (Å²) in [5.41, 5.74) is 1.99. The smallest absolute Gasteiger partial charge is 0.391 e. The molecular weight excluding hydrogens is 444 g/mol. The summed E-state index contributed by atoms with van der Waals surface area (Å²) in [5.74, 6) is -0.880. The summed E-state index contributed by atoms with van der Waals surface area (Å²) in [7, 11) is 1.19. The summed E-state index contributed by atoms with van der Waals surface area (Å²) < 4.78 is 10.8. The Balaban J connectivity index is 1.91. The van der Waals surface area contributed by atoms with Crippen LogP contribution in [0.3, 0.4) is 0 Å². The average Bonchev–Trinajstić information content (AvgIpc) is 3.33. The molecule has 1 heterocycles. The van der Waals surface area contributed by atoms with E-state index in [1.54, 1.807) is 0 Å². The van der Waals surface area contributed by atoms with Crippen molar-refractivity contribution in [2.45, 2.75) is 77.9 Å². The summed E-state index contributed by atoms with van der Waals surface area (Å²) in [6, 6.07) is 6.51. The standard InChI is InChI=1S/C27H36N4O4/c1-8-16(3)19-9-11-20(12-10-19)24-29-25(31-30-24)21(22(28-6)27(33)34-7)26(32)35-23-17(4)13-15(2)14-18(23)5/h9-12,15-18,21-23H,8,13-14H2,1-5,7H3,(H,29,30,31). The third kappa shape index (κ3) is 5.90. The number of aromatic amines is 1. The predicted molar refractivity (Wildman–Crippen MR) is 132 cm³/mol. The summed E-state index contributed by atoms with van der Waals surface area (Å²) in [4.78, 5) is 33.8. The van der Waals surface area contributed by atoms with Gasteiger partial charge in [0.25, 0.3) is 0 Å². The van der Waals surface area contributed by atoms with Gasteiger partial charge in [-0.2, -0.15) is 5.10 Å². The molecule has 0 radical (unpaired) electrons. The molecule has 5 atom stereocenters. The highest BCUT2D eigenvalue weighted by Crippen LogP contribution is 2.36. The first kappa shape index (κ1) is 26.4. The molecule has 1 N–H and O–H groups in total. The van der Waals surface area contributed by atoms with E-state index in [-0.39, 0.29) is 23.8 Å². The first-order chi connectivity index (χ1) is 16.7. The number of hydrogen-bond donors (Lipinski definition) is 1. The number of nitrogens with zero attached hydrogens (tertiary/aromatic N) is 3. The molecule has 0 amide bonds. The lowest BCUT2D eigenvalue weighted by Gasteiger charge is -2.37. The Labute approximate surface area is 207 Å². The molecule has 8 nitrogen and oxygen atoms in total. The number of benzene rings is 1. The lowest BCUT2D eigenvalue weighted by Crippen LogP contribution is -2.41. The predicted octanol–water partition coefficient (Wildman–Crippen LogP) is 5.14. The van der Waals surface area contributed by atoms with Crippen molar-refractivity contribution in [2.75, 3.05) is 7.11 Å². The zero-order valence-corrected chi connectivity index (χ0v) is 21.4. The summed E-state index contributed by atoms with van der Waals surface area (Å²) in [6.45, 7) is 18.3. The van der Waals surface area contributed by atoms with Crippen molar-refractivity contribution in [1.82, 2.24) is 15.2 Å². The zero-order valence-electron chi connectivity index (χ0n) is 21.4. The van der Waals surface area contributed by atoms with Gasteiger partial charge in [-0.3, -0.25) is 14.7 Å². The van der Waals surface area contributed by atoms with Gasteiger partial charge in [0.15, 0.2) is 5.82 Å². The Hall–Kier alpha value is -3.21. The number of ether oxygens (including phenoxy) is 2. The van der Waals surface area contributed by atoms with Crippen LogP contribution in [0.15, 0.2) is 24.3 Å². The Morgan fingerprint density at radius 2 is 1.77 bits per heavy atom. The first-order valence-electron chi connectivity index (χ1n) is 12.4. The van der Waals surface area contributed by atoms with Crippen LogP contribution in [0.1, 0.15) is 77.1 Å². The molecule has 0 spiro atoms. The van der Waals surface area contributed by atoms with Gasteiger partial charge >= 0.3 is 18.0 Å². The molecule has 1 aliphatic carbocycles. The van der Waals surface area contributed by atoms with Crippen LogP contribution in [0.4, 0.5) is 0 Å². The normalized spacial score (nSPS) is 24.6. The highest BCUT2D eigenvalue weighted by molar-refractivity contribution is 5.89. The van der Waals surface area contributed by atoms with Crippen LogP contribution in [-0.2, 0) is 19.1 Å². The SMILES string of the molecule is [C-]#[N+]C(C(=O)OC)C(C(=O)OC1C(C)CC(C)CC1C)c1nc(-c2ccc(C(C)CC)cc2)n[nH]1. The van der Waals surface area contributed by atoms with Crippen LogP contribution in [0, 0.1) is 24.3 Å². The molecule has 8 heteroatoms. The number of aromatic nitrogens is 3. The van der Waals surface area contributed by atoms with Gasteiger partial charge in [-0.15, -0.1) is 0 Å². The Morgan fingerprint density at radius 3 is 2.31 bits per heavy atom. The molecule has 1 aromatic heterocycles. The fraction of sp³-hybridized carbons (Fsp3) is 0.593. The van der Waals surface area contributed by atoms with E-state index in [9.17, 15) is 9.59 Å². The summed E-state index contributed by atoms with van der Waals surface area (Å²) in [6.07, 6.45) is 2.65. The number of methoxy groups -OCH3 is 1. The van der Waals surface area contributed by atoms with Gasteiger partial charge < -0.3 is 9.47 Å². The summed E-state index contributed by atoms with van der Waals surface area (Å²) in [5, 5.41) is 7.06. The molecule has 2 aromatic rings. The second-order valence-electron chi connectivity index (χ2n) is 9.98. The van der Waals surface area contributed by atoms with Crippen molar-refractivity contribution in [1.29, 1.82) is 0 Å². The van der Waals surface area contributed by atoms with Crippen molar-refractivity contribution in [3.63, 3.8) is 0 Å². The maximum Gasteiger partial charge on any atom is 0.391 e. The highest BCUT2D eigenvalue weighted by Gasteiger charge is 2.47. The number of hydrogen-bond acceptors (Lipinski definition) is 6. The Kier molecular flexibility index (Phi) is 8.66. The van der Waals surface area contributed by atoms with Gasteiger partial charge in [0.2, 0.25) is 5.92 Å². The van der Waals surface area contributed by atoms with E-state index in [1.807, 2.05) is 24.3 Å². The number of rotatable bonds is 8. The topological polar surface area (TPSA) is 98.5 Å². The summed E-state index contributed by atoms with van der Waals surface area (Å²) >= 11 is 0. The number of carbonyl (C=O) groups excluding carboxylic acids is 2. The van der Waals surface area contributed by atoms with Crippen molar-refractivity contribution < 1.29 is 19.1 Å². The van der Waals surface area contributed by atoms with Crippen molar-refractivity contribution in [3.05, 3.63) is 47.1 Å². The van der Waals surface area contributed by atoms with E-state index in [1.165, 1.54) is 12.7 Å². The molecule has 3 rings (SSSR count). The fourth-order valence-electron chi connectivity index (χ4n) is 5.15. The van der Waals surface area contributed by atoms with Crippen molar-refractivity contribution >= 4 is 11.9 Å². The van der Waals surface area contributed by atoms with Crippen LogP contribution in [0.2, 0.25) is 0 Å². The third-order valence-electron chi connectivity index (χ3n) is 7.22. The van der Waals surface area contributed by atoms with Gasteiger partial charge in [-0.1, -0.05) is 58.9 Å². The Bertz CT molecular complexity index is 1050. The highest BCUT2D eigenvalue weighted by atomic mass is 16.5. The van der Waals surface area contributed by atoms with Crippen LogP contribution >= 0.6 is 0 Å². The number of nitrogens with one attached hydrogen (secondary N) is 1. The van der Waals surface area contributed by atoms with E-state index in [4.69, 9.17) is 16.0 Å². The second-order valence-corrected chi connectivity index (χ2v) is 9.98. The molecule has 188 valence electrons. The lowest BCUT2D eigenvalue weighted by atomic mass is 9.75. The molecule has 1 fully saturated rings. The monoisotopic (exact) mass is 480 g/mol. The van der Waals surface area contributed by atoms with E-state index in [0.717, 1.165) is 24.8 Å². The van der Waals surface area contributed by atoms with E-state index in [0.29, 0.717) is 17.7 Å². The fourth-order valence-corrected chi connectivity index (χ4v) is 5.15. The van der Waals surface area contributed by atoms with E-state index >= 15 is 0 Å².